The Labute approximate surface area is 278 Å². The Morgan fingerprint density at radius 2 is 1.39 bits per heavy atom. The summed E-state index contributed by atoms with van der Waals surface area (Å²) in [5.41, 5.74) is 4.09. The molecule has 1 atom stereocenters. The van der Waals surface area contributed by atoms with E-state index in [1.54, 1.807) is 30.3 Å². The molecular weight excluding hydrogens is 618 g/mol. The van der Waals surface area contributed by atoms with Crippen LogP contribution in [-0.4, -0.2) is 43.3 Å². The third kappa shape index (κ3) is 8.98. The van der Waals surface area contributed by atoms with Crippen LogP contribution in [0.1, 0.15) is 48.6 Å². The Morgan fingerprint density at radius 3 is 1.96 bits per heavy atom. The summed E-state index contributed by atoms with van der Waals surface area (Å²) in [4.78, 5) is 30.1. The largest absolute Gasteiger partial charge is 0.350 e. The number of hydrogen-bond acceptors (Lipinski definition) is 4. The van der Waals surface area contributed by atoms with Crippen LogP contribution in [0, 0.1) is 20.8 Å². The number of carbonyl (C=O) groups excluding carboxylic acids is 2. The highest BCUT2D eigenvalue weighted by Gasteiger charge is 2.35. The molecule has 2 amide bonds. The molecule has 0 aliphatic carbocycles. The van der Waals surface area contributed by atoms with E-state index < -0.39 is 34.1 Å². The van der Waals surface area contributed by atoms with Crippen LogP contribution in [0.15, 0.2) is 102 Å². The van der Waals surface area contributed by atoms with Gasteiger partial charge >= 0.3 is 0 Å². The van der Waals surface area contributed by atoms with E-state index in [2.05, 4.69) is 5.32 Å². The average molecular weight is 660 g/mol. The molecule has 0 aliphatic heterocycles. The van der Waals surface area contributed by atoms with E-state index >= 15 is 0 Å². The van der Waals surface area contributed by atoms with Gasteiger partial charge in [0.15, 0.2) is 0 Å². The topological polar surface area (TPSA) is 86.8 Å². The molecule has 9 heteroatoms. The molecule has 242 valence electrons. The molecule has 0 spiro atoms. The van der Waals surface area contributed by atoms with Crippen molar-refractivity contribution in [1.82, 2.24) is 10.2 Å². The van der Waals surface area contributed by atoms with Crippen LogP contribution in [0.2, 0.25) is 5.02 Å². The van der Waals surface area contributed by atoms with Crippen molar-refractivity contribution >= 4 is 39.1 Å². The smallest absolute Gasteiger partial charge is 0.264 e. The number of carbonyl (C=O) groups is 2. The second kappa shape index (κ2) is 14.5. The van der Waals surface area contributed by atoms with Gasteiger partial charge in [-0.2, -0.15) is 0 Å². The van der Waals surface area contributed by atoms with Gasteiger partial charge in [-0.1, -0.05) is 95.5 Å². The number of anilines is 1. The maximum Gasteiger partial charge on any atom is 0.264 e. The lowest BCUT2D eigenvalue weighted by Crippen LogP contribution is -2.56. The third-order valence-corrected chi connectivity index (χ3v) is 9.77. The molecule has 4 aromatic carbocycles. The van der Waals surface area contributed by atoms with Crippen molar-refractivity contribution in [2.24, 2.45) is 0 Å². The molecule has 1 N–H and O–H groups in total. The number of aryl methyl sites for hydroxylation is 3. The van der Waals surface area contributed by atoms with E-state index in [-0.39, 0.29) is 29.5 Å². The van der Waals surface area contributed by atoms with Gasteiger partial charge in [0.1, 0.15) is 12.6 Å². The Morgan fingerprint density at radius 1 is 0.804 bits per heavy atom. The van der Waals surface area contributed by atoms with Gasteiger partial charge in [0.25, 0.3) is 10.0 Å². The van der Waals surface area contributed by atoms with Crippen molar-refractivity contribution in [3.8, 4) is 0 Å². The van der Waals surface area contributed by atoms with Gasteiger partial charge in [-0.3, -0.25) is 13.9 Å². The zero-order valence-electron chi connectivity index (χ0n) is 27.2. The summed E-state index contributed by atoms with van der Waals surface area (Å²) in [6, 6.07) is 27.7. The summed E-state index contributed by atoms with van der Waals surface area (Å²) >= 11 is 6.47. The standard InChI is InChI=1S/C37H42ClN3O4S/c1-26-12-17-30(18-13-26)24-40(34(36(43)39-37(4,5)6)22-29-10-8-7-9-11-29)35(42)25-41(31-19-16-28(3)33(38)23-31)46(44,45)32-20-14-27(2)15-21-32/h7-21,23,34H,22,24-25H2,1-6H3,(H,39,43)/t34-/m0/s1. The first kappa shape index (κ1) is 34.7. The molecule has 0 radical (unpaired) electrons. The fraction of sp³-hybridized carbons (Fsp3) is 0.297. The normalized spacial score (nSPS) is 12.3. The predicted molar refractivity (Wildman–Crippen MR) is 185 cm³/mol. The Balaban J connectivity index is 1.83. The molecule has 4 aromatic rings. The van der Waals surface area contributed by atoms with E-state index in [1.165, 1.54) is 17.0 Å². The summed E-state index contributed by atoms with van der Waals surface area (Å²) < 4.78 is 29.5. The second-order valence-electron chi connectivity index (χ2n) is 12.7. The highest BCUT2D eigenvalue weighted by Crippen LogP contribution is 2.29. The van der Waals surface area contributed by atoms with Gasteiger partial charge in [0, 0.05) is 23.5 Å². The second-order valence-corrected chi connectivity index (χ2v) is 15.0. The van der Waals surface area contributed by atoms with Crippen LogP contribution in [0.5, 0.6) is 0 Å². The molecule has 0 unspecified atom stereocenters. The number of nitrogens with zero attached hydrogens (tertiary/aromatic N) is 2. The summed E-state index contributed by atoms with van der Waals surface area (Å²) in [7, 11) is -4.21. The first-order valence-corrected chi connectivity index (χ1v) is 17.0. The van der Waals surface area contributed by atoms with Crippen molar-refractivity contribution in [2.45, 2.75) is 71.0 Å². The number of rotatable bonds is 11. The highest BCUT2D eigenvalue weighted by atomic mass is 35.5. The average Bonchev–Trinajstić information content (AvgIpc) is 2.99. The van der Waals surface area contributed by atoms with Gasteiger partial charge < -0.3 is 10.2 Å². The first-order chi connectivity index (χ1) is 21.6. The van der Waals surface area contributed by atoms with Crippen molar-refractivity contribution in [3.05, 3.63) is 130 Å². The van der Waals surface area contributed by atoms with Crippen LogP contribution < -0.4 is 9.62 Å². The predicted octanol–water partition coefficient (Wildman–Crippen LogP) is 7.02. The molecule has 0 saturated heterocycles. The van der Waals surface area contributed by atoms with Crippen molar-refractivity contribution < 1.29 is 18.0 Å². The monoisotopic (exact) mass is 659 g/mol. The molecule has 0 bridgehead atoms. The summed E-state index contributed by atoms with van der Waals surface area (Å²) in [6.45, 7) is 10.9. The van der Waals surface area contributed by atoms with E-state index in [0.29, 0.717) is 5.02 Å². The fourth-order valence-corrected chi connectivity index (χ4v) is 6.58. The SMILES string of the molecule is Cc1ccc(CN(C(=O)CN(c2ccc(C)c(Cl)c2)S(=O)(=O)c2ccc(C)cc2)[C@@H](Cc2ccccc2)C(=O)NC(C)(C)C)cc1. The van der Waals surface area contributed by atoms with Gasteiger partial charge in [0.2, 0.25) is 11.8 Å². The number of amides is 2. The Kier molecular flexibility index (Phi) is 11.0. The molecule has 7 nitrogen and oxygen atoms in total. The lowest BCUT2D eigenvalue weighted by atomic mass is 10.0. The zero-order chi connectivity index (χ0) is 33.6. The minimum absolute atomic E-state index is 0.0407. The van der Waals surface area contributed by atoms with Gasteiger partial charge in [-0.15, -0.1) is 0 Å². The van der Waals surface area contributed by atoms with Crippen LogP contribution in [0.25, 0.3) is 0 Å². The van der Waals surface area contributed by atoms with Crippen LogP contribution in [0.3, 0.4) is 0 Å². The lowest BCUT2D eigenvalue weighted by molar-refractivity contribution is -0.140. The number of hydrogen-bond donors (Lipinski definition) is 1. The van der Waals surface area contributed by atoms with Gasteiger partial charge in [-0.05, 0) is 82.5 Å². The maximum atomic E-state index is 14.6. The van der Waals surface area contributed by atoms with E-state index in [0.717, 1.165) is 32.1 Å². The van der Waals surface area contributed by atoms with Gasteiger partial charge in [-0.25, -0.2) is 8.42 Å². The number of nitrogens with one attached hydrogen (secondary N) is 1. The summed E-state index contributed by atoms with van der Waals surface area (Å²) in [6.07, 6.45) is 0.238. The van der Waals surface area contributed by atoms with Crippen LogP contribution in [0.4, 0.5) is 5.69 Å². The van der Waals surface area contributed by atoms with E-state index in [1.807, 2.05) is 96.1 Å². The first-order valence-electron chi connectivity index (χ1n) is 15.2. The lowest BCUT2D eigenvalue weighted by Gasteiger charge is -2.35. The molecule has 0 saturated carbocycles. The molecular formula is C37H42ClN3O4S. The van der Waals surface area contributed by atoms with Crippen molar-refractivity contribution in [1.29, 1.82) is 0 Å². The van der Waals surface area contributed by atoms with E-state index in [9.17, 15) is 18.0 Å². The summed E-state index contributed by atoms with van der Waals surface area (Å²) in [5.74, 6) is -0.860. The third-order valence-electron chi connectivity index (χ3n) is 7.57. The fourth-order valence-electron chi connectivity index (χ4n) is 5.00. The zero-order valence-corrected chi connectivity index (χ0v) is 28.8. The number of halogens is 1. The van der Waals surface area contributed by atoms with E-state index in [4.69, 9.17) is 11.6 Å². The highest BCUT2D eigenvalue weighted by molar-refractivity contribution is 7.92. The van der Waals surface area contributed by atoms with Crippen molar-refractivity contribution in [2.75, 3.05) is 10.8 Å². The summed E-state index contributed by atoms with van der Waals surface area (Å²) in [5, 5.41) is 3.42. The minimum atomic E-state index is -4.21. The number of benzene rings is 4. The molecule has 0 aromatic heterocycles. The quantitative estimate of drug-likeness (QED) is 0.188. The Hall–Kier alpha value is -4.14. The van der Waals surface area contributed by atoms with Crippen LogP contribution >= 0.6 is 11.6 Å². The molecule has 0 heterocycles. The maximum absolute atomic E-state index is 14.6. The molecule has 46 heavy (non-hydrogen) atoms. The molecule has 4 rings (SSSR count). The molecule has 0 fully saturated rings. The Bertz CT molecular complexity index is 1770. The van der Waals surface area contributed by atoms with Crippen LogP contribution in [-0.2, 0) is 32.6 Å². The molecule has 0 aliphatic rings. The van der Waals surface area contributed by atoms with Gasteiger partial charge in [0.05, 0.1) is 10.6 Å². The number of sulfonamides is 1. The minimum Gasteiger partial charge on any atom is -0.350 e. The van der Waals surface area contributed by atoms with Crippen molar-refractivity contribution in [3.63, 3.8) is 0 Å².